The number of aromatic nitrogens is 2. The lowest BCUT2D eigenvalue weighted by molar-refractivity contribution is -0.118. The second kappa shape index (κ2) is 6.66. The number of carbonyl (C=O) groups is 1. The standard InChI is InChI=1S/C19H19N3O2/c1-12(2)17(23)20-15-10-8-14(9-11-15)18-21-22-19(24-18)16-7-5-4-6-13(16)3/h4-12H,1-3H3,(H,20,23). The number of anilines is 1. The zero-order chi connectivity index (χ0) is 17.1. The second-order valence-corrected chi connectivity index (χ2v) is 5.95. The van der Waals surface area contributed by atoms with Gasteiger partial charge in [0.15, 0.2) is 0 Å². The number of benzene rings is 2. The van der Waals surface area contributed by atoms with Gasteiger partial charge in [-0.2, -0.15) is 0 Å². The molecule has 24 heavy (non-hydrogen) atoms. The average Bonchev–Trinajstić information content (AvgIpc) is 3.05. The molecule has 3 rings (SSSR count). The van der Waals surface area contributed by atoms with E-state index in [4.69, 9.17) is 4.42 Å². The summed E-state index contributed by atoms with van der Waals surface area (Å²) in [4.78, 5) is 11.7. The minimum atomic E-state index is -0.0581. The number of amides is 1. The highest BCUT2D eigenvalue weighted by Crippen LogP contribution is 2.26. The molecule has 1 heterocycles. The molecule has 0 aliphatic rings. The summed E-state index contributed by atoms with van der Waals surface area (Å²) in [5.74, 6) is 0.884. The largest absolute Gasteiger partial charge is 0.416 e. The van der Waals surface area contributed by atoms with Gasteiger partial charge in [0.1, 0.15) is 0 Å². The van der Waals surface area contributed by atoms with Crippen LogP contribution in [0.5, 0.6) is 0 Å². The van der Waals surface area contributed by atoms with Gasteiger partial charge in [-0.1, -0.05) is 32.0 Å². The summed E-state index contributed by atoms with van der Waals surface area (Å²) in [6.07, 6.45) is 0. The van der Waals surface area contributed by atoms with E-state index in [1.54, 1.807) is 0 Å². The van der Waals surface area contributed by atoms with Crippen molar-refractivity contribution in [2.45, 2.75) is 20.8 Å². The normalized spacial score (nSPS) is 10.8. The van der Waals surface area contributed by atoms with Gasteiger partial charge in [0.05, 0.1) is 0 Å². The first-order chi connectivity index (χ1) is 11.5. The zero-order valence-corrected chi connectivity index (χ0v) is 13.9. The Hall–Kier alpha value is -2.95. The molecule has 0 radical (unpaired) electrons. The SMILES string of the molecule is Cc1ccccc1-c1nnc(-c2ccc(NC(=O)C(C)C)cc2)o1. The molecule has 1 N–H and O–H groups in total. The van der Waals surface area contributed by atoms with E-state index in [9.17, 15) is 4.79 Å². The van der Waals surface area contributed by atoms with Gasteiger partial charge in [-0.05, 0) is 42.8 Å². The second-order valence-electron chi connectivity index (χ2n) is 5.95. The molecule has 0 saturated carbocycles. The molecule has 3 aromatic rings. The Bertz CT molecular complexity index is 851. The van der Waals surface area contributed by atoms with Gasteiger partial charge in [-0.3, -0.25) is 4.79 Å². The summed E-state index contributed by atoms with van der Waals surface area (Å²) in [6.45, 7) is 5.72. The summed E-state index contributed by atoms with van der Waals surface area (Å²) >= 11 is 0. The van der Waals surface area contributed by atoms with Crippen LogP contribution in [0.25, 0.3) is 22.9 Å². The van der Waals surface area contributed by atoms with E-state index in [0.717, 1.165) is 22.4 Å². The Morgan fingerprint density at radius 1 is 1.00 bits per heavy atom. The number of carbonyl (C=O) groups excluding carboxylic acids is 1. The van der Waals surface area contributed by atoms with Gasteiger partial charge in [-0.25, -0.2) is 0 Å². The van der Waals surface area contributed by atoms with Gasteiger partial charge in [0.25, 0.3) is 0 Å². The van der Waals surface area contributed by atoms with Crippen molar-refractivity contribution in [3.8, 4) is 22.9 Å². The van der Waals surface area contributed by atoms with E-state index in [1.165, 1.54) is 0 Å². The van der Waals surface area contributed by atoms with E-state index in [1.807, 2.05) is 69.3 Å². The van der Waals surface area contributed by atoms with E-state index in [-0.39, 0.29) is 11.8 Å². The molecule has 0 aliphatic carbocycles. The molecule has 0 fully saturated rings. The van der Waals surface area contributed by atoms with Crippen molar-refractivity contribution in [2.24, 2.45) is 5.92 Å². The summed E-state index contributed by atoms with van der Waals surface area (Å²) < 4.78 is 5.79. The minimum Gasteiger partial charge on any atom is -0.416 e. The number of rotatable bonds is 4. The number of hydrogen-bond donors (Lipinski definition) is 1. The highest BCUT2D eigenvalue weighted by molar-refractivity contribution is 5.92. The molecule has 1 amide bonds. The molecule has 2 aromatic carbocycles. The first-order valence-corrected chi connectivity index (χ1v) is 7.85. The van der Waals surface area contributed by atoms with Crippen molar-refractivity contribution in [3.63, 3.8) is 0 Å². The van der Waals surface area contributed by atoms with E-state index in [2.05, 4.69) is 15.5 Å². The highest BCUT2D eigenvalue weighted by Gasteiger charge is 2.12. The predicted molar refractivity (Wildman–Crippen MR) is 93.4 cm³/mol. The molecular formula is C19H19N3O2. The summed E-state index contributed by atoms with van der Waals surface area (Å²) in [7, 11) is 0. The minimum absolute atomic E-state index is 0.0117. The molecule has 0 spiro atoms. The third-order valence-electron chi connectivity index (χ3n) is 3.72. The Morgan fingerprint density at radius 3 is 2.33 bits per heavy atom. The van der Waals surface area contributed by atoms with Crippen LogP contribution in [0, 0.1) is 12.8 Å². The molecule has 0 unspecified atom stereocenters. The topological polar surface area (TPSA) is 68.0 Å². The summed E-state index contributed by atoms with van der Waals surface area (Å²) in [5.41, 5.74) is 3.57. The zero-order valence-electron chi connectivity index (χ0n) is 13.9. The third-order valence-corrected chi connectivity index (χ3v) is 3.72. The smallest absolute Gasteiger partial charge is 0.248 e. The Kier molecular flexibility index (Phi) is 4.42. The molecule has 0 bridgehead atoms. The van der Waals surface area contributed by atoms with E-state index in [0.29, 0.717) is 11.8 Å². The van der Waals surface area contributed by atoms with Crippen LogP contribution in [0.3, 0.4) is 0 Å². The van der Waals surface area contributed by atoms with Gasteiger partial charge < -0.3 is 9.73 Å². The molecule has 122 valence electrons. The Labute approximate surface area is 140 Å². The first kappa shape index (κ1) is 15.9. The predicted octanol–water partition coefficient (Wildman–Crippen LogP) is 4.31. The number of nitrogens with one attached hydrogen (secondary N) is 1. The number of nitrogens with zero attached hydrogens (tertiary/aromatic N) is 2. The van der Waals surface area contributed by atoms with E-state index >= 15 is 0 Å². The maximum absolute atomic E-state index is 11.7. The van der Waals surface area contributed by atoms with Crippen LogP contribution in [-0.2, 0) is 4.79 Å². The van der Waals surface area contributed by atoms with Crippen LogP contribution in [0.15, 0.2) is 52.9 Å². The van der Waals surface area contributed by atoms with Crippen molar-refractivity contribution >= 4 is 11.6 Å². The van der Waals surface area contributed by atoms with Gasteiger partial charge in [0.2, 0.25) is 17.7 Å². The first-order valence-electron chi connectivity index (χ1n) is 7.85. The van der Waals surface area contributed by atoms with Crippen LogP contribution in [0.4, 0.5) is 5.69 Å². The fourth-order valence-electron chi connectivity index (χ4n) is 2.24. The lowest BCUT2D eigenvalue weighted by atomic mass is 10.1. The summed E-state index contributed by atoms with van der Waals surface area (Å²) in [6, 6.07) is 15.2. The van der Waals surface area contributed by atoms with Crippen molar-refractivity contribution in [3.05, 3.63) is 54.1 Å². The Morgan fingerprint density at radius 2 is 1.67 bits per heavy atom. The van der Waals surface area contributed by atoms with E-state index < -0.39 is 0 Å². The Balaban J connectivity index is 1.81. The van der Waals surface area contributed by atoms with Gasteiger partial charge >= 0.3 is 0 Å². The van der Waals surface area contributed by atoms with Crippen LogP contribution in [-0.4, -0.2) is 16.1 Å². The lowest BCUT2D eigenvalue weighted by Crippen LogP contribution is -2.17. The van der Waals surface area contributed by atoms with Crippen LogP contribution < -0.4 is 5.32 Å². The van der Waals surface area contributed by atoms with Gasteiger partial charge in [0, 0.05) is 22.7 Å². The van der Waals surface area contributed by atoms with Crippen molar-refractivity contribution in [1.82, 2.24) is 10.2 Å². The molecule has 1 aromatic heterocycles. The number of aryl methyl sites for hydroxylation is 1. The van der Waals surface area contributed by atoms with Crippen LogP contribution in [0.2, 0.25) is 0 Å². The summed E-state index contributed by atoms with van der Waals surface area (Å²) in [5, 5.41) is 11.1. The maximum atomic E-state index is 11.7. The molecule has 5 heteroatoms. The van der Waals surface area contributed by atoms with Gasteiger partial charge in [-0.15, -0.1) is 10.2 Å². The van der Waals surface area contributed by atoms with Crippen molar-refractivity contribution in [1.29, 1.82) is 0 Å². The third kappa shape index (κ3) is 3.35. The quantitative estimate of drug-likeness (QED) is 0.777. The molecular weight excluding hydrogens is 302 g/mol. The van der Waals surface area contributed by atoms with Crippen LogP contribution >= 0.6 is 0 Å². The molecule has 0 saturated heterocycles. The maximum Gasteiger partial charge on any atom is 0.248 e. The fourth-order valence-corrected chi connectivity index (χ4v) is 2.24. The number of hydrogen-bond acceptors (Lipinski definition) is 4. The van der Waals surface area contributed by atoms with Crippen molar-refractivity contribution < 1.29 is 9.21 Å². The average molecular weight is 321 g/mol. The molecule has 0 aliphatic heterocycles. The highest BCUT2D eigenvalue weighted by atomic mass is 16.4. The molecule has 0 atom stereocenters. The fraction of sp³-hybridized carbons (Fsp3) is 0.211. The monoisotopic (exact) mass is 321 g/mol. The lowest BCUT2D eigenvalue weighted by Gasteiger charge is -2.07. The molecule has 5 nitrogen and oxygen atoms in total. The van der Waals surface area contributed by atoms with Crippen LogP contribution in [0.1, 0.15) is 19.4 Å². The van der Waals surface area contributed by atoms with Crippen molar-refractivity contribution in [2.75, 3.05) is 5.32 Å².